The number of ether oxygens (including phenoxy) is 1. The molecule has 23 heavy (non-hydrogen) atoms. The van der Waals surface area contributed by atoms with Crippen molar-refractivity contribution in [1.29, 1.82) is 0 Å². The van der Waals surface area contributed by atoms with E-state index in [0.29, 0.717) is 10.6 Å². The molecule has 8 heteroatoms. The number of amides is 2. The van der Waals surface area contributed by atoms with Gasteiger partial charge in [-0.2, -0.15) is 0 Å². The zero-order valence-corrected chi connectivity index (χ0v) is 13.2. The molecule has 0 bridgehead atoms. The number of halogens is 1. The molecule has 0 unspecified atom stereocenters. The Bertz CT molecular complexity index is 910. The minimum Gasteiger partial charge on any atom is -0.443 e. The second kappa shape index (κ2) is 5.68. The van der Waals surface area contributed by atoms with Crippen LogP contribution in [0.1, 0.15) is 15.9 Å². The first-order chi connectivity index (χ1) is 10.9. The molecule has 118 valence electrons. The summed E-state index contributed by atoms with van der Waals surface area (Å²) in [5.74, 6) is -0.926. The summed E-state index contributed by atoms with van der Waals surface area (Å²) < 4.78 is 29.7. The van der Waals surface area contributed by atoms with Gasteiger partial charge in [0.25, 0.3) is 15.9 Å². The molecule has 3 rings (SSSR count). The summed E-state index contributed by atoms with van der Waals surface area (Å²) in [6.45, 7) is -0.242. The smallest absolute Gasteiger partial charge is 0.431 e. The van der Waals surface area contributed by atoms with Crippen LogP contribution < -0.4 is 0 Å². The number of nitrogens with zero attached hydrogens (tertiary/aromatic N) is 1. The van der Waals surface area contributed by atoms with E-state index >= 15 is 0 Å². The highest BCUT2D eigenvalue weighted by molar-refractivity contribution is 7.90. The molecule has 0 radical (unpaired) electrons. The SMILES string of the molecule is O=C(OCc1ccccc1Cl)N1C(=O)c2ccccc2S1(=O)=O. The molecule has 0 fully saturated rings. The Labute approximate surface area is 137 Å². The lowest BCUT2D eigenvalue weighted by Gasteiger charge is -2.13. The summed E-state index contributed by atoms with van der Waals surface area (Å²) in [7, 11) is -4.23. The molecule has 2 aromatic rings. The maximum atomic E-state index is 12.3. The quantitative estimate of drug-likeness (QED) is 0.831. The molecule has 0 spiro atoms. The Morgan fingerprint density at radius 2 is 1.74 bits per heavy atom. The predicted octanol–water partition coefficient (Wildman–Crippen LogP) is 2.82. The zero-order chi connectivity index (χ0) is 16.6. The Kier molecular flexibility index (Phi) is 3.83. The molecular weight excluding hydrogens is 342 g/mol. The number of hydrogen-bond donors (Lipinski definition) is 0. The van der Waals surface area contributed by atoms with Crippen molar-refractivity contribution < 1.29 is 22.7 Å². The van der Waals surface area contributed by atoms with Gasteiger partial charge in [-0.05, 0) is 18.2 Å². The third kappa shape index (κ3) is 2.58. The van der Waals surface area contributed by atoms with Gasteiger partial charge in [-0.25, -0.2) is 13.2 Å². The molecule has 0 saturated heterocycles. The molecule has 0 atom stereocenters. The average Bonchev–Trinajstić information content (AvgIpc) is 2.73. The second-order valence-electron chi connectivity index (χ2n) is 4.72. The van der Waals surface area contributed by atoms with Gasteiger partial charge in [-0.1, -0.05) is 41.9 Å². The Morgan fingerprint density at radius 1 is 1.09 bits per heavy atom. The Balaban J connectivity index is 1.84. The van der Waals surface area contributed by atoms with Gasteiger partial charge in [0.15, 0.2) is 0 Å². The maximum Gasteiger partial charge on any atom is 0.431 e. The van der Waals surface area contributed by atoms with Gasteiger partial charge in [0.05, 0.1) is 5.56 Å². The van der Waals surface area contributed by atoms with E-state index in [9.17, 15) is 18.0 Å². The molecule has 0 N–H and O–H groups in total. The van der Waals surface area contributed by atoms with Crippen LogP contribution in [-0.2, 0) is 21.4 Å². The van der Waals surface area contributed by atoms with Gasteiger partial charge in [0, 0.05) is 10.6 Å². The minimum atomic E-state index is -4.23. The van der Waals surface area contributed by atoms with Crippen molar-refractivity contribution in [3.8, 4) is 0 Å². The molecule has 0 aromatic heterocycles. The first-order valence-electron chi connectivity index (χ1n) is 6.52. The van der Waals surface area contributed by atoms with Crippen LogP contribution >= 0.6 is 11.6 Å². The van der Waals surface area contributed by atoms with E-state index in [2.05, 4.69) is 0 Å². The first kappa shape index (κ1) is 15.5. The van der Waals surface area contributed by atoms with E-state index in [1.165, 1.54) is 24.3 Å². The second-order valence-corrected chi connectivity index (χ2v) is 6.88. The summed E-state index contributed by atoms with van der Waals surface area (Å²) in [5.41, 5.74) is 0.450. The Hall–Kier alpha value is -2.38. The number of fused-ring (bicyclic) bond motifs is 1. The van der Waals surface area contributed by atoms with Gasteiger partial charge >= 0.3 is 6.09 Å². The molecular formula is C15H10ClNO5S. The van der Waals surface area contributed by atoms with Crippen LogP contribution in [0.3, 0.4) is 0 Å². The minimum absolute atomic E-state index is 0.0535. The largest absolute Gasteiger partial charge is 0.443 e. The highest BCUT2D eigenvalue weighted by Gasteiger charge is 2.46. The summed E-state index contributed by atoms with van der Waals surface area (Å²) >= 11 is 5.93. The number of imide groups is 1. The van der Waals surface area contributed by atoms with Crippen molar-refractivity contribution >= 4 is 33.6 Å². The van der Waals surface area contributed by atoms with Crippen LogP contribution in [0.25, 0.3) is 0 Å². The third-order valence-corrected chi connectivity index (χ3v) is 5.37. The molecule has 6 nitrogen and oxygen atoms in total. The maximum absolute atomic E-state index is 12.3. The lowest BCUT2D eigenvalue weighted by molar-refractivity contribution is 0.0793. The van der Waals surface area contributed by atoms with Crippen molar-refractivity contribution in [3.05, 3.63) is 64.7 Å². The fraction of sp³-hybridized carbons (Fsp3) is 0.0667. The fourth-order valence-electron chi connectivity index (χ4n) is 2.18. The molecule has 1 aliphatic heterocycles. The summed E-state index contributed by atoms with van der Waals surface area (Å²) in [6.07, 6.45) is -1.26. The van der Waals surface area contributed by atoms with Crippen LogP contribution in [-0.4, -0.2) is 24.7 Å². The highest BCUT2D eigenvalue weighted by Crippen LogP contribution is 2.30. The normalized spacial score (nSPS) is 15.3. The van der Waals surface area contributed by atoms with Crippen molar-refractivity contribution in [1.82, 2.24) is 4.31 Å². The van der Waals surface area contributed by atoms with E-state index < -0.39 is 22.0 Å². The molecule has 2 aromatic carbocycles. The van der Waals surface area contributed by atoms with E-state index in [1.807, 2.05) is 0 Å². The summed E-state index contributed by atoms with van der Waals surface area (Å²) in [4.78, 5) is 24.0. The van der Waals surface area contributed by atoms with Gasteiger partial charge in [-0.15, -0.1) is 4.31 Å². The zero-order valence-electron chi connectivity index (χ0n) is 11.6. The van der Waals surface area contributed by atoms with Gasteiger partial charge in [0.1, 0.15) is 11.5 Å². The van der Waals surface area contributed by atoms with Crippen molar-refractivity contribution in [2.45, 2.75) is 11.5 Å². The van der Waals surface area contributed by atoms with E-state index in [4.69, 9.17) is 16.3 Å². The van der Waals surface area contributed by atoms with Gasteiger partial charge in [0.2, 0.25) is 0 Å². The number of benzene rings is 2. The van der Waals surface area contributed by atoms with Crippen LogP contribution in [0, 0.1) is 0 Å². The van der Waals surface area contributed by atoms with Crippen molar-refractivity contribution in [3.63, 3.8) is 0 Å². The Morgan fingerprint density at radius 3 is 2.43 bits per heavy atom. The van der Waals surface area contributed by atoms with Crippen molar-refractivity contribution in [2.75, 3.05) is 0 Å². The fourth-order valence-corrected chi connectivity index (χ4v) is 3.82. The van der Waals surface area contributed by atoms with E-state index in [-0.39, 0.29) is 21.4 Å². The molecule has 1 aliphatic rings. The average molecular weight is 352 g/mol. The standard InChI is InChI=1S/C15H10ClNO5S/c16-12-7-3-1-5-10(12)9-22-15(19)17-14(18)11-6-2-4-8-13(11)23(17,20)21/h1-8H,9H2. The number of carbonyl (C=O) groups excluding carboxylic acids is 2. The van der Waals surface area contributed by atoms with Crippen molar-refractivity contribution in [2.24, 2.45) is 0 Å². The van der Waals surface area contributed by atoms with Crippen LogP contribution in [0.2, 0.25) is 5.02 Å². The first-order valence-corrected chi connectivity index (χ1v) is 8.33. The molecule has 0 saturated carbocycles. The number of rotatable bonds is 2. The molecule has 0 aliphatic carbocycles. The lowest BCUT2D eigenvalue weighted by Crippen LogP contribution is -2.36. The van der Waals surface area contributed by atoms with E-state index in [0.717, 1.165) is 0 Å². The molecule has 2 amide bonds. The predicted molar refractivity (Wildman–Crippen MR) is 81.4 cm³/mol. The van der Waals surface area contributed by atoms with Gasteiger partial charge in [-0.3, -0.25) is 4.79 Å². The van der Waals surface area contributed by atoms with E-state index in [1.54, 1.807) is 24.3 Å². The summed E-state index contributed by atoms with van der Waals surface area (Å²) in [6, 6.07) is 12.2. The number of sulfonamides is 1. The van der Waals surface area contributed by atoms with Crippen LogP contribution in [0.15, 0.2) is 53.4 Å². The topological polar surface area (TPSA) is 80.8 Å². The van der Waals surface area contributed by atoms with Gasteiger partial charge < -0.3 is 4.74 Å². The number of carbonyl (C=O) groups is 2. The molecule has 1 heterocycles. The monoisotopic (exact) mass is 351 g/mol. The van der Waals surface area contributed by atoms with Crippen LogP contribution in [0.5, 0.6) is 0 Å². The third-order valence-electron chi connectivity index (χ3n) is 3.29. The number of hydrogen-bond acceptors (Lipinski definition) is 5. The van der Waals surface area contributed by atoms with Crippen LogP contribution in [0.4, 0.5) is 4.79 Å². The highest BCUT2D eigenvalue weighted by atomic mass is 35.5. The summed E-state index contributed by atoms with van der Waals surface area (Å²) in [5, 5.41) is 0.374. The lowest BCUT2D eigenvalue weighted by atomic mass is 10.2.